The summed E-state index contributed by atoms with van der Waals surface area (Å²) in [6, 6.07) is 99.5. The molecule has 456 valence electrons. The molecule has 12 heteroatoms. The molecule has 10 rings (SSSR count). The molecule has 0 fully saturated rings. The van der Waals surface area contributed by atoms with Crippen molar-refractivity contribution in [3.8, 4) is 23.0 Å². The van der Waals surface area contributed by atoms with Gasteiger partial charge < -0.3 is 24.3 Å². The Kier molecular flexibility index (Phi) is 21.7. The van der Waals surface area contributed by atoms with Gasteiger partial charge in [-0.1, -0.05) is 206 Å². The van der Waals surface area contributed by atoms with E-state index in [1.807, 2.05) is 0 Å². The van der Waals surface area contributed by atoms with Crippen LogP contribution in [0.1, 0.15) is 107 Å². The maximum absolute atomic E-state index is 10.7. The number of benzene rings is 10. The zero-order chi connectivity index (χ0) is 61.5. The number of halogens is 6. The predicted octanol–water partition coefficient (Wildman–Crippen LogP) is 20.1. The summed E-state index contributed by atoms with van der Waals surface area (Å²) in [7, 11) is -10.7. The summed E-state index contributed by atoms with van der Waals surface area (Å²) < 4.78 is 83.9. The standard InChI is InChI=1S/C76H75NO4.F6P/c1(3-25-57-80-73-51-43-69(44-52-73)75(63-27-11-5-12-28-63,64-29-13-6-14-30-64)65-31-15-7-16-32-65)23-55-78-71-47-39-61(40-48-71)59-77-60-62-41-49-72(50-42-62)79-56-24-2-4-26-58-81-74-53-45-70(46-54-74)76(66-33-17-8-18-34-66,67-35-19-9-20-36-67)68-37-21-10-22-38-68;1-7(2,3,4,5)6/h5-22,27-54,77H,1-4,23-26,55-60H2;/q;-1/p+1. The van der Waals surface area contributed by atoms with Gasteiger partial charge in [-0.3, -0.25) is 0 Å². The van der Waals surface area contributed by atoms with Crippen LogP contribution in [0.2, 0.25) is 0 Å². The minimum Gasteiger partial charge on any atom is -0.494 e. The Balaban J connectivity index is 0.00000124. The number of ether oxygens (including phenoxy) is 4. The fourth-order valence-corrected chi connectivity index (χ4v) is 11.5. The molecule has 0 spiro atoms. The molecule has 0 aliphatic heterocycles. The zero-order valence-electron chi connectivity index (χ0n) is 49.4. The first-order valence-corrected chi connectivity index (χ1v) is 32.3. The maximum Gasteiger partial charge on any atom is 0.119 e. The normalized spacial score (nSPS) is 12.4. The number of hydrogen-bond donors (Lipinski definition) is 1. The van der Waals surface area contributed by atoms with Crippen molar-refractivity contribution in [2.24, 2.45) is 0 Å². The van der Waals surface area contributed by atoms with Gasteiger partial charge >= 0.3 is 33.0 Å². The molecular formula is C76H76F6NO4P. The van der Waals surface area contributed by atoms with Crippen molar-refractivity contribution >= 4 is 7.81 Å². The van der Waals surface area contributed by atoms with Crippen molar-refractivity contribution in [3.05, 3.63) is 335 Å². The molecule has 0 unspecified atom stereocenters. The van der Waals surface area contributed by atoms with Gasteiger partial charge in [0.05, 0.1) is 37.3 Å². The average Bonchev–Trinajstić information content (AvgIpc) is 1.54. The number of nitrogens with two attached hydrogens (primary N) is 1. The summed E-state index contributed by atoms with van der Waals surface area (Å²) >= 11 is 0. The van der Waals surface area contributed by atoms with E-state index in [1.165, 1.54) is 55.6 Å². The molecule has 5 nitrogen and oxygen atoms in total. The fraction of sp³-hybridized carbons (Fsp3) is 0.211. The van der Waals surface area contributed by atoms with Gasteiger partial charge in [0.2, 0.25) is 0 Å². The Morgan fingerprint density at radius 1 is 0.239 bits per heavy atom. The third kappa shape index (κ3) is 18.7. The van der Waals surface area contributed by atoms with Crippen LogP contribution in [0.3, 0.4) is 0 Å². The summed E-state index contributed by atoms with van der Waals surface area (Å²) in [4.78, 5) is 0. The molecular weight excluding hydrogens is 1140 g/mol. The van der Waals surface area contributed by atoms with Crippen LogP contribution in [0.25, 0.3) is 0 Å². The number of unbranched alkanes of at least 4 members (excludes halogenated alkanes) is 6. The van der Waals surface area contributed by atoms with Gasteiger partial charge in [0.1, 0.15) is 36.1 Å². The Morgan fingerprint density at radius 2 is 0.420 bits per heavy atom. The SMILES string of the molecule is F[P-](F)(F)(F)(F)F.c1ccc(C(c2ccccc2)(c2ccccc2)c2ccc(OCCCCCCOc3ccc(C[NH2+]Cc4ccc(OCCCCCCOc5ccc(C(c6ccccc6)(c6ccccc6)c6ccccc6)cc5)cc4)cc3)cc2)cc1. The molecule has 0 amide bonds. The van der Waals surface area contributed by atoms with E-state index in [0.29, 0.717) is 13.2 Å². The third-order valence-electron chi connectivity index (χ3n) is 15.6. The van der Waals surface area contributed by atoms with Gasteiger partial charge in [-0.2, -0.15) is 0 Å². The van der Waals surface area contributed by atoms with Crippen molar-refractivity contribution in [2.75, 3.05) is 26.4 Å². The average molecular weight is 1210 g/mol. The van der Waals surface area contributed by atoms with Gasteiger partial charge in [0.15, 0.2) is 0 Å². The number of hydrogen-bond acceptors (Lipinski definition) is 4. The van der Waals surface area contributed by atoms with E-state index >= 15 is 0 Å². The molecule has 88 heavy (non-hydrogen) atoms. The van der Waals surface area contributed by atoms with Gasteiger partial charge in [-0.25, -0.2) is 0 Å². The first kappa shape index (κ1) is 63.9. The molecule has 0 radical (unpaired) electrons. The molecule has 0 saturated carbocycles. The van der Waals surface area contributed by atoms with Crippen molar-refractivity contribution in [1.82, 2.24) is 0 Å². The van der Waals surface area contributed by atoms with Crippen LogP contribution in [-0.4, -0.2) is 26.4 Å². The number of quaternary nitrogens is 1. The quantitative estimate of drug-likeness (QED) is 0.0211. The largest absolute Gasteiger partial charge is 0.494 e. The first-order valence-electron chi connectivity index (χ1n) is 30.3. The Morgan fingerprint density at radius 3 is 0.625 bits per heavy atom. The van der Waals surface area contributed by atoms with Crippen molar-refractivity contribution < 1.29 is 49.4 Å². The zero-order valence-corrected chi connectivity index (χ0v) is 50.3. The van der Waals surface area contributed by atoms with Gasteiger partial charge in [0.25, 0.3) is 0 Å². The molecule has 0 aromatic heterocycles. The number of rotatable bonds is 30. The monoisotopic (exact) mass is 1210 g/mol. The van der Waals surface area contributed by atoms with E-state index in [2.05, 4.69) is 284 Å². The van der Waals surface area contributed by atoms with Crippen LogP contribution in [0.15, 0.2) is 279 Å². The second-order valence-electron chi connectivity index (χ2n) is 21.9. The molecule has 0 aliphatic carbocycles. The molecule has 0 saturated heterocycles. The fourth-order valence-electron chi connectivity index (χ4n) is 11.5. The minimum absolute atomic E-state index is 0.455. The molecule has 10 aromatic rings. The molecule has 2 N–H and O–H groups in total. The molecule has 0 aliphatic rings. The molecule has 10 aromatic carbocycles. The summed E-state index contributed by atoms with van der Waals surface area (Å²) in [5, 5.41) is 2.34. The van der Waals surface area contributed by atoms with Crippen molar-refractivity contribution in [3.63, 3.8) is 0 Å². The van der Waals surface area contributed by atoms with E-state index < -0.39 is 18.6 Å². The molecule has 0 atom stereocenters. The Bertz CT molecular complexity index is 3180. The van der Waals surface area contributed by atoms with Crippen LogP contribution in [0.5, 0.6) is 23.0 Å². The van der Waals surface area contributed by atoms with Crippen molar-refractivity contribution in [1.29, 1.82) is 0 Å². The maximum atomic E-state index is 9.87. The minimum atomic E-state index is -10.7. The van der Waals surface area contributed by atoms with Gasteiger partial charge in [-0.15, -0.1) is 0 Å². The van der Waals surface area contributed by atoms with E-state index in [0.717, 1.165) is 101 Å². The summed E-state index contributed by atoms with van der Waals surface area (Å²) in [5.74, 6) is 3.66. The van der Waals surface area contributed by atoms with Crippen LogP contribution < -0.4 is 24.3 Å². The van der Waals surface area contributed by atoms with Gasteiger partial charge in [-0.05, 0) is 169 Å². The predicted molar refractivity (Wildman–Crippen MR) is 344 cm³/mol. The van der Waals surface area contributed by atoms with E-state index in [-0.39, 0.29) is 0 Å². The second-order valence-corrected chi connectivity index (χ2v) is 23.8. The molecule has 0 heterocycles. The Hall–Kier alpha value is -8.63. The smallest absolute Gasteiger partial charge is 0.119 e. The second kappa shape index (κ2) is 29.8. The van der Waals surface area contributed by atoms with Crippen molar-refractivity contribution in [2.45, 2.75) is 75.3 Å². The van der Waals surface area contributed by atoms with Crippen LogP contribution in [-0.2, 0) is 23.9 Å². The van der Waals surface area contributed by atoms with Crippen LogP contribution >= 0.6 is 7.81 Å². The molecule has 0 bridgehead atoms. The Labute approximate surface area is 514 Å². The summed E-state index contributed by atoms with van der Waals surface area (Å²) in [6.07, 6.45) is 8.47. The van der Waals surface area contributed by atoms with Gasteiger partial charge in [0, 0.05) is 11.1 Å². The van der Waals surface area contributed by atoms with Crippen LogP contribution in [0, 0.1) is 0 Å². The summed E-state index contributed by atoms with van der Waals surface area (Å²) in [5.41, 5.74) is 11.5. The first-order chi connectivity index (χ1) is 42.6. The van der Waals surface area contributed by atoms with Crippen LogP contribution in [0.4, 0.5) is 25.2 Å². The van der Waals surface area contributed by atoms with E-state index in [9.17, 15) is 25.2 Å². The van der Waals surface area contributed by atoms with E-state index in [4.69, 9.17) is 18.9 Å². The third-order valence-corrected chi connectivity index (χ3v) is 15.6. The summed E-state index contributed by atoms with van der Waals surface area (Å²) in [6.45, 7) is 4.65. The van der Waals surface area contributed by atoms with E-state index in [1.54, 1.807) is 0 Å². The topological polar surface area (TPSA) is 53.5 Å².